The Morgan fingerprint density at radius 3 is 2.70 bits per heavy atom. The molecule has 1 heterocycles. The number of benzene rings is 1. The second-order valence-electron chi connectivity index (χ2n) is 8.88. The number of aromatic amines is 1. The third-order valence-corrected chi connectivity index (χ3v) is 7.98. The van der Waals surface area contributed by atoms with Crippen molar-refractivity contribution >= 4 is 29.0 Å². The number of nitrogens with one attached hydrogen (secondary N) is 2. The SMILES string of the molecule is CCn1c(=S)[nH]c2cc(C(=O)NC3CC4CCC3(C)C4(C)C)ccc2c1=O. The first-order valence-corrected chi connectivity index (χ1v) is 10.2. The van der Waals surface area contributed by atoms with Gasteiger partial charge in [-0.15, -0.1) is 0 Å². The number of nitrogens with zero attached hydrogens (tertiary/aromatic N) is 1. The highest BCUT2D eigenvalue weighted by Crippen LogP contribution is 2.65. The van der Waals surface area contributed by atoms with Crippen LogP contribution in [0, 0.1) is 21.5 Å². The number of carbonyl (C=O) groups excluding carboxylic acids is 1. The van der Waals surface area contributed by atoms with Gasteiger partial charge in [0, 0.05) is 18.2 Å². The first-order valence-electron chi connectivity index (χ1n) is 9.77. The predicted molar refractivity (Wildman–Crippen MR) is 110 cm³/mol. The quantitative estimate of drug-likeness (QED) is 0.784. The number of fused-ring (bicyclic) bond motifs is 3. The molecule has 5 nitrogen and oxygen atoms in total. The topological polar surface area (TPSA) is 66.9 Å². The van der Waals surface area contributed by atoms with E-state index >= 15 is 0 Å². The molecule has 1 aromatic heterocycles. The van der Waals surface area contributed by atoms with E-state index in [2.05, 4.69) is 31.1 Å². The zero-order chi connectivity index (χ0) is 19.6. The van der Waals surface area contributed by atoms with Crippen LogP contribution < -0.4 is 10.9 Å². The lowest BCUT2D eigenvalue weighted by Gasteiger charge is -2.39. The van der Waals surface area contributed by atoms with E-state index < -0.39 is 0 Å². The minimum atomic E-state index is -0.120. The molecule has 2 aliphatic rings. The highest BCUT2D eigenvalue weighted by atomic mass is 32.1. The predicted octanol–water partition coefficient (Wildman–Crippen LogP) is 4.02. The number of hydrogen-bond donors (Lipinski definition) is 2. The first-order chi connectivity index (χ1) is 12.7. The molecule has 2 saturated carbocycles. The van der Waals surface area contributed by atoms with Crippen LogP contribution in [0.4, 0.5) is 0 Å². The summed E-state index contributed by atoms with van der Waals surface area (Å²) in [5.41, 5.74) is 1.45. The van der Waals surface area contributed by atoms with E-state index in [1.165, 1.54) is 11.0 Å². The van der Waals surface area contributed by atoms with Crippen molar-refractivity contribution in [3.05, 3.63) is 38.9 Å². The molecule has 0 radical (unpaired) electrons. The molecule has 2 N–H and O–H groups in total. The Morgan fingerprint density at radius 2 is 2.11 bits per heavy atom. The molecule has 2 fully saturated rings. The van der Waals surface area contributed by atoms with Crippen molar-refractivity contribution in [1.29, 1.82) is 0 Å². The van der Waals surface area contributed by atoms with Gasteiger partial charge in [0.25, 0.3) is 11.5 Å². The van der Waals surface area contributed by atoms with Gasteiger partial charge in [-0.3, -0.25) is 14.2 Å². The summed E-state index contributed by atoms with van der Waals surface area (Å²) in [5, 5.41) is 3.83. The monoisotopic (exact) mass is 385 g/mol. The van der Waals surface area contributed by atoms with E-state index in [9.17, 15) is 9.59 Å². The van der Waals surface area contributed by atoms with Crippen molar-refractivity contribution in [3.8, 4) is 0 Å². The average molecular weight is 386 g/mol. The van der Waals surface area contributed by atoms with Crippen LogP contribution in [0.5, 0.6) is 0 Å². The lowest BCUT2D eigenvalue weighted by molar-refractivity contribution is 0.0826. The van der Waals surface area contributed by atoms with Crippen molar-refractivity contribution in [2.24, 2.45) is 16.7 Å². The van der Waals surface area contributed by atoms with E-state index in [-0.39, 0.29) is 28.3 Å². The molecule has 1 amide bonds. The van der Waals surface area contributed by atoms with Crippen LogP contribution >= 0.6 is 12.2 Å². The summed E-state index contributed by atoms with van der Waals surface area (Å²) in [4.78, 5) is 28.5. The molecule has 2 aliphatic carbocycles. The highest BCUT2D eigenvalue weighted by Gasteiger charge is 2.61. The number of amides is 1. The third-order valence-electron chi connectivity index (χ3n) is 7.66. The molecule has 1 aromatic carbocycles. The summed E-state index contributed by atoms with van der Waals surface area (Å²) in [5.74, 6) is 0.596. The summed E-state index contributed by atoms with van der Waals surface area (Å²) in [6.45, 7) is 9.40. The normalized spacial score (nSPS) is 28.6. The van der Waals surface area contributed by atoms with Crippen LogP contribution in [-0.2, 0) is 6.54 Å². The maximum absolute atomic E-state index is 12.9. The van der Waals surface area contributed by atoms with Gasteiger partial charge in [0.05, 0.1) is 10.9 Å². The molecule has 0 aliphatic heterocycles. The minimum Gasteiger partial charge on any atom is -0.349 e. The fraction of sp³-hybridized carbons (Fsp3) is 0.571. The first kappa shape index (κ1) is 18.4. The summed E-state index contributed by atoms with van der Waals surface area (Å²) in [6.07, 6.45) is 3.47. The molecule has 6 heteroatoms. The van der Waals surface area contributed by atoms with Gasteiger partial charge in [0.1, 0.15) is 0 Å². The van der Waals surface area contributed by atoms with Crippen LogP contribution in [0.3, 0.4) is 0 Å². The maximum atomic E-state index is 12.9. The minimum absolute atomic E-state index is 0.0783. The van der Waals surface area contributed by atoms with Crippen molar-refractivity contribution in [3.63, 3.8) is 0 Å². The molecule has 0 spiro atoms. The average Bonchev–Trinajstić information content (AvgIpc) is 2.95. The van der Waals surface area contributed by atoms with Gasteiger partial charge < -0.3 is 10.3 Å². The summed E-state index contributed by atoms with van der Waals surface area (Å²) in [6, 6.07) is 5.39. The maximum Gasteiger partial charge on any atom is 0.262 e. The number of aromatic nitrogens is 2. The Labute approximate surface area is 164 Å². The van der Waals surface area contributed by atoms with Gasteiger partial charge >= 0.3 is 0 Å². The second kappa shape index (κ2) is 6.03. The fourth-order valence-corrected chi connectivity index (χ4v) is 5.67. The molecule has 144 valence electrons. The summed E-state index contributed by atoms with van der Waals surface area (Å²) >= 11 is 5.27. The van der Waals surface area contributed by atoms with Gasteiger partial charge in [-0.1, -0.05) is 20.8 Å². The lowest BCUT2D eigenvalue weighted by atomic mass is 9.69. The Hall–Kier alpha value is -1.95. The molecule has 3 unspecified atom stereocenters. The number of hydrogen-bond acceptors (Lipinski definition) is 3. The van der Waals surface area contributed by atoms with Gasteiger partial charge in [-0.25, -0.2) is 0 Å². The van der Waals surface area contributed by atoms with Crippen LogP contribution in [0.25, 0.3) is 10.9 Å². The second-order valence-corrected chi connectivity index (χ2v) is 9.26. The number of rotatable bonds is 3. The molecule has 3 atom stereocenters. The largest absolute Gasteiger partial charge is 0.349 e. The lowest BCUT2D eigenvalue weighted by Crippen LogP contribution is -2.46. The number of carbonyl (C=O) groups is 1. The Kier molecular flexibility index (Phi) is 4.11. The molecule has 0 saturated heterocycles. The zero-order valence-corrected chi connectivity index (χ0v) is 17.2. The van der Waals surface area contributed by atoms with Gasteiger partial charge in [0.15, 0.2) is 4.77 Å². The van der Waals surface area contributed by atoms with Gasteiger partial charge in [0.2, 0.25) is 0 Å². The Bertz CT molecular complexity index is 1050. The van der Waals surface area contributed by atoms with Crippen molar-refractivity contribution < 1.29 is 4.79 Å². The van der Waals surface area contributed by atoms with E-state index in [1.54, 1.807) is 18.2 Å². The van der Waals surface area contributed by atoms with Crippen molar-refractivity contribution in [2.75, 3.05) is 0 Å². The molecule has 2 bridgehead atoms. The highest BCUT2D eigenvalue weighted by molar-refractivity contribution is 7.71. The third kappa shape index (κ3) is 2.53. The van der Waals surface area contributed by atoms with E-state index in [0.717, 1.165) is 12.8 Å². The van der Waals surface area contributed by atoms with E-state index in [1.807, 2.05) is 6.92 Å². The standard InChI is InChI=1S/C21H27N3O2S/c1-5-24-18(26)14-7-6-12(10-15(14)22-19(24)27)17(25)23-16-11-13-8-9-21(16,4)20(13,2)3/h6-7,10,13,16H,5,8-9,11H2,1-4H3,(H,22,27)(H,23,25). The zero-order valence-electron chi connectivity index (χ0n) is 16.4. The summed E-state index contributed by atoms with van der Waals surface area (Å²) in [7, 11) is 0. The molecule has 4 rings (SSSR count). The van der Waals surface area contributed by atoms with Crippen LogP contribution in [0.1, 0.15) is 57.3 Å². The molecular weight excluding hydrogens is 358 g/mol. The van der Waals surface area contributed by atoms with Gasteiger partial charge in [-0.2, -0.15) is 0 Å². The Balaban J connectivity index is 1.65. The van der Waals surface area contributed by atoms with Crippen LogP contribution in [0.2, 0.25) is 0 Å². The van der Waals surface area contributed by atoms with E-state index in [0.29, 0.717) is 33.7 Å². The van der Waals surface area contributed by atoms with Crippen LogP contribution in [-0.4, -0.2) is 21.5 Å². The molecular formula is C21H27N3O2S. The van der Waals surface area contributed by atoms with Crippen molar-refractivity contribution in [2.45, 2.75) is 59.5 Å². The molecule has 2 aromatic rings. The fourth-order valence-electron chi connectivity index (χ4n) is 5.35. The Morgan fingerprint density at radius 1 is 1.37 bits per heavy atom. The number of H-pyrrole nitrogens is 1. The molecule has 27 heavy (non-hydrogen) atoms. The smallest absolute Gasteiger partial charge is 0.262 e. The van der Waals surface area contributed by atoms with E-state index in [4.69, 9.17) is 12.2 Å². The van der Waals surface area contributed by atoms with Crippen molar-refractivity contribution in [1.82, 2.24) is 14.9 Å². The van der Waals surface area contributed by atoms with Gasteiger partial charge in [-0.05, 0) is 73.4 Å². The summed E-state index contributed by atoms with van der Waals surface area (Å²) < 4.78 is 1.91. The van der Waals surface area contributed by atoms with Crippen LogP contribution in [0.15, 0.2) is 23.0 Å².